The highest BCUT2D eigenvalue weighted by atomic mass is 32.2. The first-order valence-electron chi connectivity index (χ1n) is 6.35. The lowest BCUT2D eigenvalue weighted by molar-refractivity contribution is 1.02. The number of nitrogen functional groups attached to an aromatic ring is 1. The number of thiophene rings is 1. The van der Waals surface area contributed by atoms with Crippen LogP contribution in [0.25, 0.3) is 10.2 Å². The highest BCUT2D eigenvalue weighted by molar-refractivity contribution is 7.98. The van der Waals surface area contributed by atoms with E-state index >= 15 is 0 Å². The summed E-state index contributed by atoms with van der Waals surface area (Å²) in [5.74, 6) is 1.45. The van der Waals surface area contributed by atoms with Crippen LogP contribution in [0.4, 0.5) is 5.82 Å². The number of nitrogens with zero attached hydrogens (tertiary/aromatic N) is 2. The molecule has 20 heavy (non-hydrogen) atoms. The van der Waals surface area contributed by atoms with E-state index in [4.69, 9.17) is 5.73 Å². The van der Waals surface area contributed by atoms with Gasteiger partial charge in [-0.05, 0) is 25.0 Å². The van der Waals surface area contributed by atoms with Crippen LogP contribution in [0.1, 0.15) is 16.0 Å². The standard InChI is InChI=1S/C15H15N3S2/c1-9-10(2)20-14-12(9)13(16)17-15(18-14)19-8-11-6-4-3-5-7-11/h3-7H,8H2,1-2H3,(H2,16,17,18). The summed E-state index contributed by atoms with van der Waals surface area (Å²) < 4.78 is 0. The quantitative estimate of drug-likeness (QED) is 0.582. The fourth-order valence-corrected chi connectivity index (χ4v) is 3.95. The molecular weight excluding hydrogens is 286 g/mol. The van der Waals surface area contributed by atoms with Crippen molar-refractivity contribution in [2.24, 2.45) is 0 Å². The van der Waals surface area contributed by atoms with E-state index in [0.29, 0.717) is 5.82 Å². The third-order valence-corrected chi connectivity index (χ3v) is 5.27. The molecule has 2 heterocycles. The molecule has 0 fully saturated rings. The molecule has 3 rings (SSSR count). The number of hydrogen-bond donors (Lipinski definition) is 1. The Hall–Kier alpha value is -1.59. The summed E-state index contributed by atoms with van der Waals surface area (Å²) in [5.41, 5.74) is 8.54. The molecule has 0 saturated carbocycles. The zero-order chi connectivity index (χ0) is 14.1. The Labute approximate surface area is 126 Å². The van der Waals surface area contributed by atoms with E-state index in [1.165, 1.54) is 16.0 Å². The van der Waals surface area contributed by atoms with E-state index in [9.17, 15) is 0 Å². The Bertz CT molecular complexity index is 751. The topological polar surface area (TPSA) is 51.8 Å². The van der Waals surface area contributed by atoms with Gasteiger partial charge in [0.05, 0.1) is 5.39 Å². The summed E-state index contributed by atoms with van der Waals surface area (Å²) in [7, 11) is 0. The van der Waals surface area contributed by atoms with Crippen molar-refractivity contribution in [3.05, 3.63) is 46.3 Å². The SMILES string of the molecule is Cc1sc2nc(SCc3ccccc3)nc(N)c2c1C. The minimum Gasteiger partial charge on any atom is -0.383 e. The van der Waals surface area contributed by atoms with Crippen LogP contribution in [0.5, 0.6) is 0 Å². The number of aryl methyl sites for hydroxylation is 2. The molecule has 0 bridgehead atoms. The number of hydrogen-bond acceptors (Lipinski definition) is 5. The Morgan fingerprint density at radius 3 is 2.65 bits per heavy atom. The van der Waals surface area contributed by atoms with Crippen LogP contribution in [0, 0.1) is 13.8 Å². The van der Waals surface area contributed by atoms with Gasteiger partial charge in [-0.1, -0.05) is 42.1 Å². The van der Waals surface area contributed by atoms with Crippen molar-refractivity contribution < 1.29 is 0 Å². The summed E-state index contributed by atoms with van der Waals surface area (Å²) in [5, 5.41) is 1.76. The van der Waals surface area contributed by atoms with Crippen molar-refractivity contribution >= 4 is 39.1 Å². The van der Waals surface area contributed by atoms with Gasteiger partial charge in [0, 0.05) is 10.6 Å². The summed E-state index contributed by atoms with van der Waals surface area (Å²) in [4.78, 5) is 11.3. The lowest BCUT2D eigenvalue weighted by atomic mass is 10.2. The second-order valence-corrected chi connectivity index (χ2v) is 6.77. The monoisotopic (exact) mass is 301 g/mol. The largest absolute Gasteiger partial charge is 0.383 e. The molecule has 5 heteroatoms. The van der Waals surface area contributed by atoms with Crippen molar-refractivity contribution in [3.63, 3.8) is 0 Å². The molecule has 0 amide bonds. The van der Waals surface area contributed by atoms with Gasteiger partial charge in [-0.15, -0.1) is 11.3 Å². The molecule has 2 aromatic heterocycles. The molecule has 0 atom stereocenters. The number of thioether (sulfide) groups is 1. The maximum atomic E-state index is 6.08. The summed E-state index contributed by atoms with van der Waals surface area (Å²) in [6, 6.07) is 10.3. The van der Waals surface area contributed by atoms with Gasteiger partial charge in [-0.3, -0.25) is 0 Å². The summed E-state index contributed by atoms with van der Waals surface area (Å²) >= 11 is 3.31. The average Bonchev–Trinajstić information content (AvgIpc) is 2.73. The molecule has 2 N–H and O–H groups in total. The smallest absolute Gasteiger partial charge is 0.191 e. The number of fused-ring (bicyclic) bond motifs is 1. The van der Waals surface area contributed by atoms with Gasteiger partial charge in [0.25, 0.3) is 0 Å². The molecule has 0 aliphatic rings. The third-order valence-electron chi connectivity index (χ3n) is 3.25. The van der Waals surface area contributed by atoms with E-state index in [-0.39, 0.29) is 0 Å². The Balaban J connectivity index is 1.89. The second kappa shape index (κ2) is 5.42. The van der Waals surface area contributed by atoms with Crippen LogP contribution in [0.2, 0.25) is 0 Å². The summed E-state index contributed by atoms with van der Waals surface area (Å²) in [6.07, 6.45) is 0. The van der Waals surface area contributed by atoms with E-state index in [1.54, 1.807) is 23.1 Å². The predicted octanol–water partition coefficient (Wildman–Crippen LogP) is 4.18. The third kappa shape index (κ3) is 2.51. The number of rotatable bonds is 3. The van der Waals surface area contributed by atoms with Crippen molar-refractivity contribution in [3.8, 4) is 0 Å². The van der Waals surface area contributed by atoms with E-state index < -0.39 is 0 Å². The zero-order valence-electron chi connectivity index (χ0n) is 11.4. The lowest BCUT2D eigenvalue weighted by Gasteiger charge is -2.03. The Morgan fingerprint density at radius 2 is 1.90 bits per heavy atom. The fourth-order valence-electron chi connectivity index (χ4n) is 2.05. The Morgan fingerprint density at radius 1 is 1.15 bits per heavy atom. The number of anilines is 1. The van der Waals surface area contributed by atoms with Gasteiger partial charge in [0.1, 0.15) is 10.6 Å². The van der Waals surface area contributed by atoms with Gasteiger partial charge in [0.15, 0.2) is 5.16 Å². The first-order chi connectivity index (χ1) is 9.65. The second-order valence-electron chi connectivity index (χ2n) is 4.63. The van der Waals surface area contributed by atoms with Crippen molar-refractivity contribution in [2.45, 2.75) is 24.8 Å². The summed E-state index contributed by atoms with van der Waals surface area (Å²) in [6.45, 7) is 4.17. The first kappa shape index (κ1) is 13.4. The van der Waals surface area contributed by atoms with Gasteiger partial charge in [-0.25, -0.2) is 9.97 Å². The molecule has 3 aromatic rings. The minimum atomic E-state index is 0.590. The molecule has 0 spiro atoms. The fraction of sp³-hybridized carbons (Fsp3) is 0.200. The van der Waals surface area contributed by atoms with Gasteiger partial charge >= 0.3 is 0 Å². The molecule has 0 saturated heterocycles. The maximum Gasteiger partial charge on any atom is 0.191 e. The number of benzene rings is 1. The van der Waals surface area contributed by atoms with Crippen LogP contribution in [-0.4, -0.2) is 9.97 Å². The lowest BCUT2D eigenvalue weighted by Crippen LogP contribution is -1.96. The highest BCUT2D eigenvalue weighted by Gasteiger charge is 2.12. The normalized spacial score (nSPS) is 11.1. The highest BCUT2D eigenvalue weighted by Crippen LogP contribution is 2.33. The number of aromatic nitrogens is 2. The Kier molecular flexibility index (Phi) is 3.63. The van der Waals surface area contributed by atoms with Crippen LogP contribution in [0.15, 0.2) is 35.5 Å². The van der Waals surface area contributed by atoms with Crippen LogP contribution < -0.4 is 5.73 Å². The molecule has 0 aliphatic carbocycles. The van der Waals surface area contributed by atoms with Gasteiger partial charge < -0.3 is 5.73 Å². The zero-order valence-corrected chi connectivity index (χ0v) is 13.0. The molecule has 102 valence electrons. The van der Waals surface area contributed by atoms with E-state index in [1.807, 2.05) is 18.2 Å². The molecule has 0 radical (unpaired) electrons. The average molecular weight is 301 g/mol. The molecule has 0 aliphatic heterocycles. The maximum absolute atomic E-state index is 6.08. The predicted molar refractivity (Wildman–Crippen MR) is 87.3 cm³/mol. The van der Waals surface area contributed by atoms with Gasteiger partial charge in [0.2, 0.25) is 0 Å². The molecular formula is C15H15N3S2. The van der Waals surface area contributed by atoms with Crippen LogP contribution in [0.3, 0.4) is 0 Å². The van der Waals surface area contributed by atoms with E-state index in [2.05, 4.69) is 35.9 Å². The van der Waals surface area contributed by atoms with Crippen LogP contribution >= 0.6 is 23.1 Å². The molecule has 1 aromatic carbocycles. The van der Waals surface area contributed by atoms with Crippen molar-refractivity contribution in [1.29, 1.82) is 0 Å². The first-order valence-corrected chi connectivity index (χ1v) is 8.15. The van der Waals surface area contributed by atoms with Crippen molar-refractivity contribution in [1.82, 2.24) is 9.97 Å². The van der Waals surface area contributed by atoms with Crippen molar-refractivity contribution in [2.75, 3.05) is 5.73 Å². The van der Waals surface area contributed by atoms with Gasteiger partial charge in [-0.2, -0.15) is 0 Å². The van der Waals surface area contributed by atoms with E-state index in [0.717, 1.165) is 21.1 Å². The molecule has 0 unspecified atom stereocenters. The minimum absolute atomic E-state index is 0.590. The van der Waals surface area contributed by atoms with Crippen LogP contribution in [-0.2, 0) is 5.75 Å². The molecule has 3 nitrogen and oxygen atoms in total. The number of nitrogens with two attached hydrogens (primary N) is 1.